The zero-order chi connectivity index (χ0) is 15.1. The lowest BCUT2D eigenvalue weighted by atomic mass is 10.3. The van der Waals surface area contributed by atoms with E-state index >= 15 is 0 Å². The van der Waals surface area contributed by atoms with Gasteiger partial charge in [-0.25, -0.2) is 4.98 Å². The highest BCUT2D eigenvalue weighted by atomic mass is 32.2. The second-order valence-electron chi connectivity index (χ2n) is 4.52. The quantitative estimate of drug-likeness (QED) is 0.744. The summed E-state index contributed by atoms with van der Waals surface area (Å²) in [6.07, 6.45) is 1.88. The highest BCUT2D eigenvalue weighted by Crippen LogP contribution is 2.31. The summed E-state index contributed by atoms with van der Waals surface area (Å²) < 4.78 is 5.89. The van der Waals surface area contributed by atoms with Gasteiger partial charge >= 0.3 is 0 Å². The fourth-order valence-corrected chi connectivity index (χ4v) is 3.15. The molecule has 2 heterocycles. The summed E-state index contributed by atoms with van der Waals surface area (Å²) in [5.41, 5.74) is 1.15. The van der Waals surface area contributed by atoms with Crippen LogP contribution in [0.2, 0.25) is 0 Å². The lowest BCUT2D eigenvalue weighted by molar-refractivity contribution is 0.199. The minimum Gasteiger partial charge on any atom is -0.383 e. The third-order valence-electron chi connectivity index (χ3n) is 2.58. The Morgan fingerprint density at radius 1 is 1.33 bits per heavy atom. The van der Waals surface area contributed by atoms with Gasteiger partial charge in [0.15, 0.2) is 4.34 Å². The van der Waals surface area contributed by atoms with Crippen molar-refractivity contribution in [1.29, 1.82) is 0 Å². The van der Waals surface area contributed by atoms with Crippen LogP contribution in [-0.2, 0) is 11.3 Å². The molecule has 0 saturated heterocycles. The molecule has 0 aliphatic rings. The minimum atomic E-state index is 0.715. The number of hydrogen-bond donors (Lipinski definition) is 1. The Morgan fingerprint density at radius 2 is 2.19 bits per heavy atom. The number of nitrogens with zero attached hydrogens (tertiary/aromatic N) is 4. The molecule has 114 valence electrons. The van der Waals surface area contributed by atoms with Crippen LogP contribution < -0.4 is 10.2 Å². The van der Waals surface area contributed by atoms with Gasteiger partial charge in [0.05, 0.1) is 6.61 Å². The Bertz CT molecular complexity index is 544. The lowest BCUT2D eigenvalue weighted by Crippen LogP contribution is -2.18. The van der Waals surface area contributed by atoms with Crippen molar-refractivity contribution in [2.75, 3.05) is 39.3 Å². The predicted molar refractivity (Wildman–Crippen MR) is 86.2 cm³/mol. The topological polar surface area (TPSA) is 63.2 Å². The molecule has 2 rings (SSSR count). The molecule has 6 nitrogen and oxygen atoms in total. The van der Waals surface area contributed by atoms with E-state index in [1.54, 1.807) is 18.4 Å². The maximum atomic E-state index is 4.99. The van der Waals surface area contributed by atoms with Gasteiger partial charge in [0.2, 0.25) is 5.13 Å². The number of ether oxygens (including phenoxy) is 1. The number of pyridine rings is 1. The van der Waals surface area contributed by atoms with Crippen LogP contribution in [0, 0.1) is 0 Å². The van der Waals surface area contributed by atoms with E-state index in [0.29, 0.717) is 6.61 Å². The molecule has 21 heavy (non-hydrogen) atoms. The first-order chi connectivity index (χ1) is 10.2. The fourth-order valence-electron chi connectivity index (χ4n) is 1.50. The van der Waals surface area contributed by atoms with Crippen molar-refractivity contribution >= 4 is 28.2 Å². The molecule has 0 radical (unpaired) electrons. The number of hydrogen-bond acceptors (Lipinski definition) is 8. The maximum absolute atomic E-state index is 4.99. The first-order valence-corrected chi connectivity index (χ1v) is 8.15. The standard InChI is InChI=1S/C13H19N5OS2/c1-18(2)12-16-17-13(21-12)20-11-5-4-10(9-15-11)8-14-6-7-19-3/h4-5,9,14H,6-8H2,1-3H3. The molecule has 0 saturated carbocycles. The Kier molecular flexibility index (Phi) is 6.37. The van der Waals surface area contributed by atoms with Gasteiger partial charge in [-0.05, 0) is 23.4 Å². The van der Waals surface area contributed by atoms with E-state index in [9.17, 15) is 0 Å². The van der Waals surface area contributed by atoms with E-state index in [2.05, 4.69) is 26.6 Å². The number of anilines is 1. The monoisotopic (exact) mass is 325 g/mol. The zero-order valence-corrected chi connectivity index (χ0v) is 14.0. The summed E-state index contributed by atoms with van der Waals surface area (Å²) in [5.74, 6) is 0. The van der Waals surface area contributed by atoms with Crippen molar-refractivity contribution in [2.24, 2.45) is 0 Å². The minimum absolute atomic E-state index is 0.715. The molecule has 0 amide bonds. The zero-order valence-electron chi connectivity index (χ0n) is 12.4. The summed E-state index contributed by atoms with van der Waals surface area (Å²) in [6.45, 7) is 2.35. The predicted octanol–water partition coefficient (Wildman–Crippen LogP) is 1.89. The van der Waals surface area contributed by atoms with Crippen LogP contribution in [0.3, 0.4) is 0 Å². The van der Waals surface area contributed by atoms with E-state index in [4.69, 9.17) is 4.74 Å². The van der Waals surface area contributed by atoms with Crippen molar-refractivity contribution in [3.63, 3.8) is 0 Å². The summed E-state index contributed by atoms with van der Waals surface area (Å²) in [4.78, 5) is 6.39. The molecule has 0 atom stereocenters. The van der Waals surface area contributed by atoms with Gasteiger partial charge in [-0.2, -0.15) is 0 Å². The van der Waals surface area contributed by atoms with Crippen LogP contribution in [0.1, 0.15) is 5.56 Å². The molecule has 8 heteroatoms. The Morgan fingerprint density at radius 3 is 2.81 bits per heavy atom. The molecular formula is C13H19N5OS2. The smallest absolute Gasteiger partial charge is 0.208 e. The highest BCUT2D eigenvalue weighted by Gasteiger charge is 2.08. The molecule has 0 spiro atoms. The van der Waals surface area contributed by atoms with Crippen LogP contribution in [0.25, 0.3) is 0 Å². The summed E-state index contributed by atoms with van der Waals surface area (Å²) in [6, 6.07) is 4.08. The first-order valence-electron chi connectivity index (χ1n) is 6.52. The number of methoxy groups -OCH3 is 1. The first kappa shape index (κ1) is 16.2. The van der Waals surface area contributed by atoms with Gasteiger partial charge in [0.25, 0.3) is 0 Å². The van der Waals surface area contributed by atoms with E-state index in [1.165, 1.54) is 11.8 Å². The number of nitrogens with one attached hydrogen (secondary N) is 1. The molecular weight excluding hydrogens is 306 g/mol. The van der Waals surface area contributed by atoms with Crippen molar-refractivity contribution in [3.05, 3.63) is 23.9 Å². The van der Waals surface area contributed by atoms with Crippen LogP contribution in [-0.4, -0.2) is 49.5 Å². The molecule has 0 aromatic carbocycles. The Labute approximate surface area is 132 Å². The molecule has 0 aliphatic carbocycles. The van der Waals surface area contributed by atoms with Gasteiger partial charge in [0.1, 0.15) is 5.03 Å². The third kappa shape index (κ3) is 5.24. The number of aromatic nitrogens is 3. The van der Waals surface area contributed by atoms with E-state index in [0.717, 1.165) is 33.2 Å². The van der Waals surface area contributed by atoms with Crippen molar-refractivity contribution in [1.82, 2.24) is 20.5 Å². The highest BCUT2D eigenvalue weighted by molar-refractivity contribution is 8.01. The van der Waals surface area contributed by atoms with Crippen LogP contribution in [0.5, 0.6) is 0 Å². The van der Waals surface area contributed by atoms with Crippen LogP contribution in [0.4, 0.5) is 5.13 Å². The second-order valence-corrected chi connectivity index (χ2v) is 6.74. The van der Waals surface area contributed by atoms with Gasteiger partial charge in [-0.3, -0.25) is 0 Å². The molecule has 1 N–H and O–H groups in total. The van der Waals surface area contributed by atoms with E-state index in [-0.39, 0.29) is 0 Å². The second kappa shape index (κ2) is 8.28. The van der Waals surface area contributed by atoms with Gasteiger partial charge in [-0.1, -0.05) is 17.4 Å². The summed E-state index contributed by atoms with van der Waals surface area (Å²) >= 11 is 3.09. The number of rotatable bonds is 8. The molecule has 0 aliphatic heterocycles. The van der Waals surface area contributed by atoms with E-state index in [1.807, 2.05) is 31.3 Å². The summed E-state index contributed by atoms with van der Waals surface area (Å²) in [5, 5.41) is 13.4. The third-order valence-corrected chi connectivity index (χ3v) is 4.67. The van der Waals surface area contributed by atoms with Crippen molar-refractivity contribution in [2.45, 2.75) is 15.9 Å². The van der Waals surface area contributed by atoms with Gasteiger partial charge in [0, 0.05) is 40.5 Å². The SMILES string of the molecule is COCCNCc1ccc(Sc2nnc(N(C)C)s2)nc1. The van der Waals surface area contributed by atoms with Crippen LogP contribution >= 0.6 is 23.1 Å². The summed E-state index contributed by atoms with van der Waals surface area (Å²) in [7, 11) is 5.61. The molecule has 0 fully saturated rings. The van der Waals surface area contributed by atoms with Gasteiger partial charge in [-0.15, -0.1) is 10.2 Å². The molecule has 0 bridgehead atoms. The Balaban J connectivity index is 1.86. The Hall–Kier alpha value is -1.22. The maximum Gasteiger partial charge on any atom is 0.208 e. The molecule has 2 aromatic heterocycles. The fraction of sp³-hybridized carbons (Fsp3) is 0.462. The van der Waals surface area contributed by atoms with Crippen molar-refractivity contribution < 1.29 is 4.74 Å². The largest absolute Gasteiger partial charge is 0.383 e. The van der Waals surface area contributed by atoms with Gasteiger partial charge < -0.3 is 15.0 Å². The van der Waals surface area contributed by atoms with E-state index < -0.39 is 0 Å². The normalized spacial score (nSPS) is 10.8. The molecule has 0 unspecified atom stereocenters. The van der Waals surface area contributed by atoms with Crippen molar-refractivity contribution in [3.8, 4) is 0 Å². The molecule has 2 aromatic rings. The average molecular weight is 325 g/mol. The lowest BCUT2D eigenvalue weighted by Gasteiger charge is -2.04. The van der Waals surface area contributed by atoms with Crippen LogP contribution in [0.15, 0.2) is 27.7 Å². The average Bonchev–Trinajstić information content (AvgIpc) is 2.94.